The number of halogens is 2. The van der Waals surface area contributed by atoms with Crippen molar-refractivity contribution in [1.29, 1.82) is 0 Å². The number of carboxylic acid groups (broad SMARTS) is 4. The molecule has 2 fully saturated rings. The van der Waals surface area contributed by atoms with Gasteiger partial charge in [-0.1, -0.05) is 59.9 Å². The highest BCUT2D eigenvalue weighted by Gasteiger charge is 2.32. The number of aliphatic carboxylic acids is 4. The van der Waals surface area contributed by atoms with Crippen LogP contribution >= 0.6 is 48.3 Å². The van der Waals surface area contributed by atoms with Crippen molar-refractivity contribution in [3.05, 3.63) is 133 Å². The van der Waals surface area contributed by atoms with Crippen LogP contribution in [0.25, 0.3) is 0 Å². The van der Waals surface area contributed by atoms with Crippen molar-refractivity contribution < 1.29 is 73.7 Å². The molecule has 4 amide bonds. The molecule has 0 spiro atoms. The Hall–Kier alpha value is -7.18. The summed E-state index contributed by atoms with van der Waals surface area (Å²) < 4.78 is 11.5. The minimum Gasteiger partial charge on any atom is -0.492 e. The zero-order valence-corrected chi connectivity index (χ0v) is 40.0. The molecule has 2 aromatic carbocycles. The summed E-state index contributed by atoms with van der Waals surface area (Å²) in [4.78, 5) is 96.4. The second-order valence-electron chi connectivity index (χ2n) is 13.4. The van der Waals surface area contributed by atoms with Crippen LogP contribution in [0, 0.1) is 0 Å². The number of carbonyl (C=O) groups is 8. The number of hydrogen-bond donors (Lipinski definition) is 6. The number of hydrogen-bond acceptors (Lipinski definition) is 16. The quantitative estimate of drug-likeness (QED) is 0.0751. The summed E-state index contributed by atoms with van der Waals surface area (Å²) in [6.45, 7) is 2.53. The smallest absolute Gasteiger partial charge is 0.328 e. The number of carbonyl (C=O) groups excluding carboxylic acids is 4. The van der Waals surface area contributed by atoms with Crippen molar-refractivity contribution in [2.45, 2.75) is 23.3 Å². The number of thioether (sulfide) groups is 2. The lowest BCUT2D eigenvalue weighted by Gasteiger charge is -2.18. The van der Waals surface area contributed by atoms with Crippen molar-refractivity contribution in [3.63, 3.8) is 0 Å². The Morgan fingerprint density at radius 3 is 1.13 bits per heavy atom. The Morgan fingerprint density at radius 1 is 0.565 bits per heavy atom. The Labute approximate surface area is 416 Å². The average Bonchev–Trinajstić information content (AvgIpc) is 3.79. The molecule has 8 N–H and O–H groups in total. The molecule has 2 unspecified atom stereocenters. The second kappa shape index (κ2) is 33.3. The Kier molecular flexibility index (Phi) is 29.9. The molecular formula is C44H50Cl2N6O15S2. The molecule has 2 aliphatic heterocycles. The van der Waals surface area contributed by atoms with Crippen LogP contribution in [0.2, 0.25) is 0 Å². The molecule has 4 aromatic rings. The Morgan fingerprint density at radius 2 is 0.884 bits per heavy atom. The van der Waals surface area contributed by atoms with E-state index in [0.717, 1.165) is 70.9 Å². The van der Waals surface area contributed by atoms with Gasteiger partial charge < -0.3 is 45.2 Å². The average molecular weight is 1040 g/mol. The molecule has 2 atom stereocenters. The lowest BCUT2D eigenvalue weighted by Crippen LogP contribution is -2.25. The fourth-order valence-corrected chi connectivity index (χ4v) is 6.92. The first-order chi connectivity index (χ1) is 31.5. The van der Waals surface area contributed by atoms with Gasteiger partial charge in [0.05, 0.1) is 23.6 Å². The van der Waals surface area contributed by atoms with E-state index in [9.17, 15) is 38.4 Å². The lowest BCUT2D eigenvalue weighted by atomic mass is 10.1. The van der Waals surface area contributed by atoms with Gasteiger partial charge in [0.2, 0.25) is 11.8 Å². The highest BCUT2D eigenvalue weighted by molar-refractivity contribution is 8.15. The molecule has 25 heteroatoms. The number of nitrogens with one attached hydrogen (secondary N) is 2. The maximum absolute atomic E-state index is 11.6. The van der Waals surface area contributed by atoms with Crippen LogP contribution in [0.4, 0.5) is 21.2 Å². The molecule has 2 saturated heterocycles. The molecule has 4 heterocycles. The largest absolute Gasteiger partial charge is 0.492 e. The molecule has 69 heavy (non-hydrogen) atoms. The van der Waals surface area contributed by atoms with Crippen molar-refractivity contribution in [3.8, 4) is 11.5 Å². The van der Waals surface area contributed by atoms with Gasteiger partial charge in [-0.25, -0.2) is 29.1 Å². The van der Waals surface area contributed by atoms with Gasteiger partial charge in [-0.15, -0.1) is 24.8 Å². The molecule has 372 valence electrons. The number of anilines is 2. The monoisotopic (exact) mass is 1040 g/mol. The third kappa shape index (κ3) is 25.5. The van der Waals surface area contributed by atoms with Crippen LogP contribution in [-0.4, -0.2) is 133 Å². The van der Waals surface area contributed by atoms with Gasteiger partial charge in [0.1, 0.15) is 36.3 Å². The number of likely N-dealkylation sites (N-methyl/N-ethyl adjacent to an activating group) is 2. The predicted octanol–water partition coefficient (Wildman–Crippen LogP) is 4.42. The molecule has 0 aliphatic carbocycles. The minimum atomic E-state index is -1.26. The number of rotatable bonds is 18. The molecule has 0 radical (unpaired) electrons. The van der Waals surface area contributed by atoms with E-state index in [2.05, 4.69) is 20.6 Å². The van der Waals surface area contributed by atoms with Crippen LogP contribution in [-0.2, 0) is 41.6 Å². The normalized spacial score (nSPS) is 14.2. The van der Waals surface area contributed by atoms with E-state index in [1.807, 2.05) is 109 Å². The number of amides is 4. The van der Waals surface area contributed by atoms with Crippen molar-refractivity contribution in [2.24, 2.45) is 0 Å². The Bertz CT molecular complexity index is 2140. The van der Waals surface area contributed by atoms with Crippen LogP contribution < -0.4 is 29.9 Å². The van der Waals surface area contributed by atoms with Crippen molar-refractivity contribution in [2.75, 3.05) is 50.2 Å². The lowest BCUT2D eigenvalue weighted by molar-refractivity contribution is -0.134. The highest BCUT2D eigenvalue weighted by atomic mass is 35.5. The number of aromatic nitrogens is 2. The number of imide groups is 2. The Balaban J connectivity index is 0.000000991. The van der Waals surface area contributed by atoms with E-state index < -0.39 is 23.9 Å². The van der Waals surface area contributed by atoms with E-state index >= 15 is 0 Å². The zero-order valence-electron chi connectivity index (χ0n) is 36.7. The topological polar surface area (TPSA) is 324 Å². The summed E-state index contributed by atoms with van der Waals surface area (Å²) in [7, 11) is 3.95. The van der Waals surface area contributed by atoms with E-state index in [1.54, 1.807) is 12.4 Å². The van der Waals surface area contributed by atoms with Crippen LogP contribution in [0.3, 0.4) is 0 Å². The number of benzene rings is 2. The molecule has 0 saturated carbocycles. The van der Waals surface area contributed by atoms with Gasteiger partial charge in [-0.3, -0.25) is 29.8 Å². The summed E-state index contributed by atoms with van der Waals surface area (Å²) in [5.74, 6) is -2.09. The summed E-state index contributed by atoms with van der Waals surface area (Å²) in [6, 6.07) is 26.8. The van der Waals surface area contributed by atoms with Crippen molar-refractivity contribution in [1.82, 2.24) is 20.6 Å². The van der Waals surface area contributed by atoms with Gasteiger partial charge >= 0.3 is 23.9 Å². The number of nitrogens with zero attached hydrogens (tertiary/aromatic N) is 4. The first-order valence-electron chi connectivity index (χ1n) is 19.5. The van der Waals surface area contributed by atoms with E-state index in [-0.39, 0.29) is 63.1 Å². The third-order valence-electron chi connectivity index (χ3n) is 8.43. The van der Waals surface area contributed by atoms with Crippen LogP contribution in [0.1, 0.15) is 11.1 Å². The van der Waals surface area contributed by atoms with Crippen LogP contribution in [0.15, 0.2) is 122 Å². The summed E-state index contributed by atoms with van der Waals surface area (Å²) >= 11 is 2.09. The van der Waals surface area contributed by atoms with E-state index in [4.69, 9.17) is 29.9 Å². The maximum Gasteiger partial charge on any atom is 0.328 e. The number of ether oxygens (including phenoxy) is 2. The fourth-order valence-electron chi connectivity index (χ4n) is 5.20. The summed E-state index contributed by atoms with van der Waals surface area (Å²) in [6.07, 6.45) is 6.83. The summed E-state index contributed by atoms with van der Waals surface area (Å²) in [5.41, 5.74) is 2.00. The second-order valence-corrected chi connectivity index (χ2v) is 15.7. The van der Waals surface area contributed by atoms with E-state index in [1.165, 1.54) is 0 Å². The molecule has 2 aromatic heterocycles. The molecule has 0 bridgehead atoms. The third-order valence-corrected chi connectivity index (χ3v) is 10.4. The molecular weight excluding hydrogens is 988 g/mol. The SMILES string of the molecule is CN(CCOc1ccc(CC2SC(=O)NC2=O)cc1)c1ccccn1.CN(CCOc1ccc(CC2SC(=O)NC2=O)cc1)c1ccccn1.Cl.Cl.O.O=C(O)C=CC(=O)O.O=C(O)C=CC(=O)O. The van der Waals surface area contributed by atoms with Gasteiger partial charge in [0, 0.05) is 50.8 Å². The van der Waals surface area contributed by atoms with Gasteiger partial charge in [0.25, 0.3) is 10.5 Å². The van der Waals surface area contributed by atoms with Crippen LogP contribution in [0.5, 0.6) is 11.5 Å². The zero-order chi connectivity index (χ0) is 48.4. The fraction of sp³-hybridized carbons (Fsp3) is 0.227. The van der Waals surface area contributed by atoms with Crippen molar-refractivity contribution >= 4 is 106 Å². The van der Waals surface area contributed by atoms with E-state index in [0.29, 0.717) is 50.4 Å². The molecule has 2 aliphatic rings. The standard InChI is InChI=1S/2C18H19N3O3S.2C4H4O4.2ClH.H2O/c2*1-21(16-4-2-3-9-19-16)10-11-24-14-7-5-13(6-8-14)12-15-17(22)20-18(23)25-15;2*5-3(6)1-2-4(7)8;;;/h2*2-9,15H,10-12H2,1H3,(H,20,22,23);2*1-2H,(H,5,6)(H,7,8);2*1H;1H2. The van der Waals surface area contributed by atoms with Gasteiger partial charge in [-0.05, 0) is 72.5 Å². The van der Waals surface area contributed by atoms with Gasteiger partial charge in [-0.2, -0.15) is 0 Å². The number of pyridine rings is 2. The number of carboxylic acids is 4. The summed E-state index contributed by atoms with van der Waals surface area (Å²) in [5, 5.41) is 34.6. The first-order valence-corrected chi connectivity index (χ1v) is 21.2. The molecule has 21 nitrogen and oxygen atoms in total. The highest BCUT2D eigenvalue weighted by Crippen LogP contribution is 2.25. The minimum absolute atomic E-state index is 0. The predicted molar refractivity (Wildman–Crippen MR) is 263 cm³/mol. The first kappa shape index (κ1) is 61.8. The maximum atomic E-state index is 11.6. The molecule has 6 rings (SSSR count). The van der Waals surface area contributed by atoms with Gasteiger partial charge in [0.15, 0.2) is 0 Å².